The standard InChI is InChI=1S/C55H105NO5/c1-3-5-7-9-11-13-15-17-20-25-29-33-37-41-45-49-55(60)61-50-46-42-38-34-30-26-22-19-18-21-24-28-32-36-40-44-48-54(59)56-52(51-57)53(58)47-43-39-35-31-27-23-16-14-12-10-8-6-4-2/h17-18,20-21,52-53,57-58H,3-16,19,22-51H2,1-2H3,(H,56,59)/b20-17-,21-18-. The Morgan fingerprint density at radius 1 is 0.443 bits per heavy atom. The van der Waals surface area contributed by atoms with Crippen LogP contribution in [0.4, 0.5) is 0 Å². The molecule has 0 aromatic heterocycles. The third-order valence-electron chi connectivity index (χ3n) is 12.5. The van der Waals surface area contributed by atoms with E-state index in [0.717, 1.165) is 64.2 Å². The molecule has 0 rings (SSSR count). The highest BCUT2D eigenvalue weighted by Gasteiger charge is 2.20. The Hall–Kier alpha value is -1.66. The molecule has 0 aliphatic carbocycles. The van der Waals surface area contributed by atoms with E-state index in [0.29, 0.717) is 25.9 Å². The lowest BCUT2D eigenvalue weighted by atomic mass is 10.0. The summed E-state index contributed by atoms with van der Waals surface area (Å²) in [5.41, 5.74) is 0. The van der Waals surface area contributed by atoms with Crippen LogP contribution in [-0.2, 0) is 14.3 Å². The molecule has 2 unspecified atom stereocenters. The maximum Gasteiger partial charge on any atom is 0.305 e. The lowest BCUT2D eigenvalue weighted by molar-refractivity contribution is -0.143. The normalized spacial score (nSPS) is 12.8. The fourth-order valence-electron chi connectivity index (χ4n) is 8.28. The molecule has 0 heterocycles. The average molecular weight is 860 g/mol. The molecule has 61 heavy (non-hydrogen) atoms. The van der Waals surface area contributed by atoms with Crippen LogP contribution in [0.3, 0.4) is 0 Å². The van der Waals surface area contributed by atoms with E-state index >= 15 is 0 Å². The summed E-state index contributed by atoms with van der Waals surface area (Å²) in [6.45, 7) is 4.92. The molecule has 0 aromatic carbocycles. The van der Waals surface area contributed by atoms with Crippen molar-refractivity contribution < 1.29 is 24.5 Å². The van der Waals surface area contributed by atoms with Gasteiger partial charge in [0.05, 0.1) is 25.4 Å². The summed E-state index contributed by atoms with van der Waals surface area (Å²) in [4.78, 5) is 24.5. The van der Waals surface area contributed by atoms with Gasteiger partial charge in [-0.2, -0.15) is 0 Å². The third kappa shape index (κ3) is 47.7. The summed E-state index contributed by atoms with van der Waals surface area (Å²) in [6, 6.07) is -0.553. The summed E-state index contributed by atoms with van der Waals surface area (Å²) < 4.78 is 5.46. The first-order chi connectivity index (χ1) is 30.0. The van der Waals surface area contributed by atoms with E-state index in [1.807, 2.05) is 0 Å². The van der Waals surface area contributed by atoms with Crippen molar-refractivity contribution in [1.82, 2.24) is 5.32 Å². The Kier molecular flexibility index (Phi) is 49.6. The van der Waals surface area contributed by atoms with Gasteiger partial charge in [-0.05, 0) is 77.0 Å². The van der Waals surface area contributed by atoms with Gasteiger partial charge >= 0.3 is 5.97 Å². The summed E-state index contributed by atoms with van der Waals surface area (Å²) in [5, 5.41) is 23.2. The second-order valence-electron chi connectivity index (χ2n) is 18.6. The largest absolute Gasteiger partial charge is 0.466 e. The molecule has 0 bridgehead atoms. The number of aliphatic hydroxyl groups is 2. The molecule has 1 amide bonds. The molecule has 0 spiro atoms. The molecule has 0 fully saturated rings. The van der Waals surface area contributed by atoms with Gasteiger partial charge in [0.15, 0.2) is 0 Å². The minimum atomic E-state index is -0.674. The molecule has 0 saturated heterocycles. The van der Waals surface area contributed by atoms with Crippen LogP contribution in [0.15, 0.2) is 24.3 Å². The molecule has 360 valence electrons. The van der Waals surface area contributed by atoms with E-state index < -0.39 is 12.1 Å². The van der Waals surface area contributed by atoms with Crippen molar-refractivity contribution in [3.63, 3.8) is 0 Å². The molecular formula is C55H105NO5. The minimum absolute atomic E-state index is 0.0108. The van der Waals surface area contributed by atoms with Gasteiger partial charge in [-0.3, -0.25) is 9.59 Å². The van der Waals surface area contributed by atoms with E-state index in [-0.39, 0.29) is 18.5 Å². The highest BCUT2D eigenvalue weighted by molar-refractivity contribution is 5.76. The number of carbonyl (C=O) groups is 2. The molecule has 0 saturated carbocycles. The maximum atomic E-state index is 12.4. The van der Waals surface area contributed by atoms with Crippen molar-refractivity contribution in [3.05, 3.63) is 24.3 Å². The second kappa shape index (κ2) is 51.0. The number of aliphatic hydroxyl groups excluding tert-OH is 2. The van der Waals surface area contributed by atoms with E-state index in [9.17, 15) is 19.8 Å². The summed E-state index contributed by atoms with van der Waals surface area (Å²) in [7, 11) is 0. The van der Waals surface area contributed by atoms with Crippen LogP contribution in [0, 0.1) is 0 Å². The van der Waals surface area contributed by atoms with Crippen LogP contribution in [-0.4, -0.2) is 47.4 Å². The van der Waals surface area contributed by atoms with Crippen molar-refractivity contribution in [2.45, 2.75) is 302 Å². The number of unbranched alkanes of at least 4 members (excludes halogenated alkanes) is 35. The van der Waals surface area contributed by atoms with Crippen molar-refractivity contribution in [2.24, 2.45) is 0 Å². The van der Waals surface area contributed by atoms with E-state index in [1.165, 1.54) is 193 Å². The van der Waals surface area contributed by atoms with Crippen LogP contribution < -0.4 is 5.32 Å². The Balaban J connectivity index is 3.46. The topological polar surface area (TPSA) is 95.9 Å². The molecule has 3 N–H and O–H groups in total. The second-order valence-corrected chi connectivity index (χ2v) is 18.6. The summed E-state index contributed by atoms with van der Waals surface area (Å²) >= 11 is 0. The van der Waals surface area contributed by atoms with Gasteiger partial charge in [-0.15, -0.1) is 0 Å². The molecular weight excluding hydrogens is 755 g/mol. The van der Waals surface area contributed by atoms with Crippen LogP contribution in [0.5, 0.6) is 0 Å². The van der Waals surface area contributed by atoms with Crippen molar-refractivity contribution in [3.8, 4) is 0 Å². The van der Waals surface area contributed by atoms with Gasteiger partial charge in [-0.25, -0.2) is 0 Å². The van der Waals surface area contributed by atoms with Gasteiger partial charge < -0.3 is 20.3 Å². The number of ether oxygens (including phenoxy) is 1. The zero-order valence-electron chi connectivity index (χ0n) is 40.9. The van der Waals surface area contributed by atoms with Gasteiger partial charge in [0.1, 0.15) is 0 Å². The average Bonchev–Trinajstić information content (AvgIpc) is 3.26. The first-order valence-corrected chi connectivity index (χ1v) is 27.1. The van der Waals surface area contributed by atoms with Gasteiger partial charge in [0.2, 0.25) is 5.91 Å². The van der Waals surface area contributed by atoms with Crippen molar-refractivity contribution in [1.29, 1.82) is 0 Å². The molecule has 0 aliphatic rings. The Bertz CT molecular complexity index is 951. The smallest absolute Gasteiger partial charge is 0.305 e. The first kappa shape index (κ1) is 59.3. The molecule has 6 heteroatoms. The lowest BCUT2D eigenvalue weighted by Gasteiger charge is -2.22. The molecule has 6 nitrogen and oxygen atoms in total. The number of hydrogen-bond donors (Lipinski definition) is 3. The Morgan fingerprint density at radius 2 is 0.770 bits per heavy atom. The highest BCUT2D eigenvalue weighted by Crippen LogP contribution is 2.16. The van der Waals surface area contributed by atoms with Crippen molar-refractivity contribution >= 4 is 11.9 Å². The maximum absolute atomic E-state index is 12.4. The fraction of sp³-hybridized carbons (Fsp3) is 0.891. The zero-order chi connectivity index (χ0) is 44.4. The first-order valence-electron chi connectivity index (χ1n) is 27.1. The number of carbonyl (C=O) groups excluding carboxylic acids is 2. The van der Waals surface area contributed by atoms with Crippen LogP contribution in [0.2, 0.25) is 0 Å². The summed E-state index contributed by atoms with van der Waals surface area (Å²) in [6.07, 6.45) is 60.1. The quantitative estimate of drug-likeness (QED) is 0.0322. The SMILES string of the molecule is CCCCCCCC/C=C\CCCCCCCC(=O)OCCCCCCCCC/C=C\CCCCCCCC(=O)NC(CO)C(O)CCCCCCCCCCCCCCC. The predicted octanol–water partition coefficient (Wildman–Crippen LogP) is 16.3. The minimum Gasteiger partial charge on any atom is -0.466 e. The van der Waals surface area contributed by atoms with E-state index in [1.54, 1.807) is 0 Å². The predicted molar refractivity (Wildman–Crippen MR) is 264 cm³/mol. The van der Waals surface area contributed by atoms with Crippen molar-refractivity contribution in [2.75, 3.05) is 13.2 Å². The number of rotatable bonds is 50. The number of amides is 1. The highest BCUT2D eigenvalue weighted by atomic mass is 16.5. The van der Waals surface area contributed by atoms with Crippen LogP contribution in [0.1, 0.15) is 290 Å². The molecule has 0 radical (unpaired) electrons. The lowest BCUT2D eigenvalue weighted by Crippen LogP contribution is -2.45. The zero-order valence-corrected chi connectivity index (χ0v) is 40.9. The van der Waals surface area contributed by atoms with Crippen LogP contribution >= 0.6 is 0 Å². The van der Waals surface area contributed by atoms with Gasteiger partial charge in [0.25, 0.3) is 0 Å². The number of esters is 1. The van der Waals surface area contributed by atoms with Crippen LogP contribution in [0.25, 0.3) is 0 Å². The number of nitrogens with one attached hydrogen (secondary N) is 1. The fourth-order valence-corrected chi connectivity index (χ4v) is 8.28. The van der Waals surface area contributed by atoms with Gasteiger partial charge in [-0.1, -0.05) is 224 Å². The number of hydrogen-bond acceptors (Lipinski definition) is 5. The van der Waals surface area contributed by atoms with E-state index in [4.69, 9.17) is 4.74 Å². The Morgan fingerprint density at radius 3 is 1.16 bits per heavy atom. The molecule has 0 aliphatic heterocycles. The van der Waals surface area contributed by atoms with E-state index in [2.05, 4.69) is 43.5 Å². The number of allylic oxidation sites excluding steroid dienone is 4. The molecule has 2 atom stereocenters. The third-order valence-corrected chi connectivity index (χ3v) is 12.5. The molecule has 0 aromatic rings. The Labute approximate surface area is 380 Å². The van der Waals surface area contributed by atoms with Gasteiger partial charge in [0, 0.05) is 12.8 Å². The monoisotopic (exact) mass is 860 g/mol. The summed E-state index contributed by atoms with van der Waals surface area (Å²) in [5.74, 6) is -0.0632.